The van der Waals surface area contributed by atoms with Crippen LogP contribution in [0.2, 0.25) is 0 Å². The van der Waals surface area contributed by atoms with Crippen molar-refractivity contribution >= 4 is 16.8 Å². The number of nitrogens with one attached hydrogen (secondary N) is 1. The molecule has 0 aliphatic carbocycles. The lowest BCUT2D eigenvalue weighted by Crippen LogP contribution is -2.47. The summed E-state index contributed by atoms with van der Waals surface area (Å²) >= 11 is 0. The predicted octanol–water partition coefficient (Wildman–Crippen LogP) is 0.535. The highest BCUT2D eigenvalue weighted by Crippen LogP contribution is 2.16. The van der Waals surface area contributed by atoms with E-state index in [9.17, 15) is 9.59 Å². The van der Waals surface area contributed by atoms with E-state index in [1.54, 1.807) is 13.8 Å². The van der Waals surface area contributed by atoms with E-state index in [-0.39, 0.29) is 18.0 Å². The minimum Gasteiger partial charge on any atom is -0.360 e. The quantitative estimate of drug-likeness (QED) is 0.657. The van der Waals surface area contributed by atoms with Crippen molar-refractivity contribution < 1.29 is 9.32 Å². The number of fused-ring (bicyclic) bond motifs is 1. The fraction of sp³-hybridized carbons (Fsp3) is 0.684. The van der Waals surface area contributed by atoms with E-state index >= 15 is 0 Å². The molecule has 1 saturated heterocycles. The van der Waals surface area contributed by atoms with Gasteiger partial charge in [-0.2, -0.15) is 5.10 Å². The van der Waals surface area contributed by atoms with Gasteiger partial charge in [-0.1, -0.05) is 12.1 Å². The summed E-state index contributed by atoms with van der Waals surface area (Å²) in [5, 5.41) is 11.5. The van der Waals surface area contributed by atoms with Gasteiger partial charge in [-0.15, -0.1) is 0 Å². The summed E-state index contributed by atoms with van der Waals surface area (Å²) in [4.78, 5) is 29.6. The zero-order valence-corrected chi connectivity index (χ0v) is 17.0. The molecule has 0 atom stereocenters. The highest BCUT2D eigenvalue weighted by molar-refractivity contribution is 5.82. The molecular weight excluding hydrogens is 360 g/mol. The molecule has 0 aromatic carbocycles. The molecule has 9 heteroatoms. The molecule has 2 aromatic heterocycles. The smallest absolute Gasteiger partial charge is 0.297 e. The molecule has 9 nitrogen and oxygen atoms in total. The molecule has 0 spiro atoms. The molecule has 0 saturated carbocycles. The van der Waals surface area contributed by atoms with E-state index in [4.69, 9.17) is 4.52 Å². The summed E-state index contributed by atoms with van der Waals surface area (Å²) in [6, 6.07) is 0. The fourth-order valence-electron chi connectivity index (χ4n) is 3.73. The van der Waals surface area contributed by atoms with Crippen molar-refractivity contribution in [2.75, 3.05) is 45.8 Å². The Balaban J connectivity index is 1.44. The van der Waals surface area contributed by atoms with Crippen LogP contribution in [0.4, 0.5) is 0 Å². The van der Waals surface area contributed by atoms with Crippen LogP contribution in [-0.2, 0) is 11.3 Å². The van der Waals surface area contributed by atoms with E-state index in [1.807, 2.05) is 0 Å². The molecule has 0 radical (unpaired) electrons. The summed E-state index contributed by atoms with van der Waals surface area (Å²) < 4.78 is 6.24. The van der Waals surface area contributed by atoms with E-state index < -0.39 is 5.56 Å². The third-order valence-corrected chi connectivity index (χ3v) is 5.20. The lowest BCUT2D eigenvalue weighted by molar-refractivity contribution is -0.121. The average Bonchev–Trinajstić information content (AvgIpc) is 3.07. The van der Waals surface area contributed by atoms with Crippen LogP contribution >= 0.6 is 0 Å². The third kappa shape index (κ3) is 4.77. The molecule has 1 fully saturated rings. The Morgan fingerprint density at radius 3 is 2.50 bits per heavy atom. The van der Waals surface area contributed by atoms with Crippen LogP contribution in [0.5, 0.6) is 0 Å². The molecular formula is C19H30N6O3. The number of hydrogen-bond acceptors (Lipinski definition) is 7. The fourth-order valence-corrected chi connectivity index (χ4v) is 3.73. The second-order valence-electron chi connectivity index (χ2n) is 7.40. The normalized spacial score (nSPS) is 16.0. The molecule has 1 N–H and O–H groups in total. The van der Waals surface area contributed by atoms with E-state index in [0.717, 1.165) is 43.8 Å². The molecule has 154 valence electrons. The first kappa shape index (κ1) is 20.5. The highest BCUT2D eigenvalue weighted by atomic mass is 16.5. The molecule has 0 bridgehead atoms. The molecule has 1 aliphatic heterocycles. The first-order chi connectivity index (χ1) is 13.5. The SMILES string of the molecule is CCCN1CCN(CCCNC(=O)Cn2nc(C)c3c(C)onc3c2=O)CC1. The highest BCUT2D eigenvalue weighted by Gasteiger charge is 2.17. The molecule has 3 rings (SSSR count). The van der Waals surface area contributed by atoms with Gasteiger partial charge in [0.15, 0.2) is 5.52 Å². The molecule has 0 unspecified atom stereocenters. The lowest BCUT2D eigenvalue weighted by atomic mass is 10.2. The van der Waals surface area contributed by atoms with Gasteiger partial charge in [0.1, 0.15) is 12.3 Å². The van der Waals surface area contributed by atoms with Gasteiger partial charge in [-0.3, -0.25) is 9.59 Å². The number of carbonyl (C=O) groups excluding carboxylic acids is 1. The first-order valence-electron chi connectivity index (χ1n) is 10.0. The number of aromatic nitrogens is 3. The second-order valence-corrected chi connectivity index (χ2v) is 7.40. The van der Waals surface area contributed by atoms with Crippen LogP contribution < -0.4 is 10.9 Å². The number of hydrogen-bond donors (Lipinski definition) is 1. The predicted molar refractivity (Wildman–Crippen MR) is 106 cm³/mol. The van der Waals surface area contributed by atoms with Crippen LogP contribution in [0.3, 0.4) is 0 Å². The standard InChI is InChI=1S/C19H30N6O3/c1-4-7-23-9-11-24(12-10-23)8-5-6-20-16(26)13-25-19(27)18-17(14(2)21-25)15(3)28-22-18/h4-13H2,1-3H3,(H,20,26). The molecule has 1 amide bonds. The van der Waals surface area contributed by atoms with Gasteiger partial charge in [0.2, 0.25) is 5.91 Å². The van der Waals surface area contributed by atoms with Crippen molar-refractivity contribution in [1.29, 1.82) is 0 Å². The zero-order chi connectivity index (χ0) is 20.1. The lowest BCUT2D eigenvalue weighted by Gasteiger charge is -2.34. The van der Waals surface area contributed by atoms with Crippen molar-refractivity contribution in [2.45, 2.75) is 40.2 Å². The number of carbonyl (C=O) groups is 1. The topological polar surface area (TPSA) is 96.5 Å². The molecule has 1 aliphatic rings. The van der Waals surface area contributed by atoms with Crippen molar-refractivity contribution in [3.8, 4) is 0 Å². The van der Waals surface area contributed by atoms with Crippen molar-refractivity contribution in [2.24, 2.45) is 0 Å². The Labute approximate surface area is 164 Å². The number of aryl methyl sites for hydroxylation is 2. The number of amides is 1. The minimum atomic E-state index is -0.405. The summed E-state index contributed by atoms with van der Waals surface area (Å²) in [6.45, 7) is 12.8. The van der Waals surface area contributed by atoms with Gasteiger partial charge in [-0.05, 0) is 39.8 Å². The number of piperazine rings is 1. The second kappa shape index (κ2) is 9.29. The number of nitrogens with zero attached hydrogens (tertiary/aromatic N) is 5. The monoisotopic (exact) mass is 390 g/mol. The Bertz CT molecular complexity index is 866. The Morgan fingerprint density at radius 2 is 1.82 bits per heavy atom. The van der Waals surface area contributed by atoms with E-state index in [0.29, 0.717) is 23.4 Å². The maximum absolute atomic E-state index is 12.4. The Kier molecular flexibility index (Phi) is 6.79. The maximum Gasteiger partial charge on any atom is 0.297 e. The Morgan fingerprint density at radius 1 is 1.14 bits per heavy atom. The van der Waals surface area contributed by atoms with Crippen molar-refractivity contribution in [3.63, 3.8) is 0 Å². The Hall–Kier alpha value is -2.26. The van der Waals surface area contributed by atoms with Gasteiger partial charge < -0.3 is 19.6 Å². The van der Waals surface area contributed by atoms with Gasteiger partial charge in [0.25, 0.3) is 5.56 Å². The van der Waals surface area contributed by atoms with Crippen LogP contribution in [0, 0.1) is 13.8 Å². The minimum absolute atomic E-state index is 0.114. The van der Waals surface area contributed by atoms with Gasteiger partial charge in [0, 0.05) is 32.7 Å². The number of rotatable bonds is 8. The van der Waals surface area contributed by atoms with Crippen LogP contribution in [0.25, 0.3) is 10.9 Å². The van der Waals surface area contributed by atoms with Crippen LogP contribution in [0.1, 0.15) is 31.2 Å². The summed E-state index contributed by atoms with van der Waals surface area (Å²) in [7, 11) is 0. The van der Waals surface area contributed by atoms with Gasteiger partial charge >= 0.3 is 0 Å². The maximum atomic E-state index is 12.4. The van der Waals surface area contributed by atoms with E-state index in [1.165, 1.54) is 13.0 Å². The zero-order valence-electron chi connectivity index (χ0n) is 17.0. The summed E-state index contributed by atoms with van der Waals surface area (Å²) in [5.74, 6) is 0.338. The first-order valence-corrected chi connectivity index (χ1v) is 10.0. The molecule has 2 aromatic rings. The largest absolute Gasteiger partial charge is 0.360 e. The van der Waals surface area contributed by atoms with Crippen molar-refractivity contribution in [1.82, 2.24) is 30.1 Å². The van der Waals surface area contributed by atoms with E-state index in [2.05, 4.69) is 32.3 Å². The molecule has 3 heterocycles. The van der Waals surface area contributed by atoms with Crippen LogP contribution in [0.15, 0.2) is 9.32 Å². The molecule has 28 heavy (non-hydrogen) atoms. The summed E-state index contributed by atoms with van der Waals surface area (Å²) in [5.41, 5.74) is 0.445. The van der Waals surface area contributed by atoms with Crippen LogP contribution in [-0.4, -0.2) is 76.5 Å². The van der Waals surface area contributed by atoms with Crippen molar-refractivity contribution in [3.05, 3.63) is 21.8 Å². The van der Waals surface area contributed by atoms with Gasteiger partial charge in [0.05, 0.1) is 11.1 Å². The van der Waals surface area contributed by atoms with Gasteiger partial charge in [-0.25, -0.2) is 4.68 Å². The summed E-state index contributed by atoms with van der Waals surface area (Å²) in [6.07, 6.45) is 2.09. The average molecular weight is 390 g/mol. The third-order valence-electron chi connectivity index (χ3n) is 5.20.